The first-order valence-electron chi connectivity index (χ1n) is 5.62. The van der Waals surface area contributed by atoms with E-state index in [-0.39, 0.29) is 0 Å². The molecule has 4 bridgehead atoms. The minimum absolute atomic E-state index is 1.11. The van der Waals surface area contributed by atoms with Gasteiger partial charge in [-0.2, -0.15) is 0 Å². The number of fused-ring (bicyclic) bond motifs is 2. The molecule has 0 radical (unpaired) electrons. The number of hydrogen-bond acceptors (Lipinski definition) is 0. The molecule has 4 aliphatic rings. The van der Waals surface area contributed by atoms with Crippen LogP contribution in [0.15, 0.2) is 12.2 Å². The molecule has 0 amide bonds. The molecule has 0 aromatic heterocycles. The molecule has 0 aromatic rings. The van der Waals surface area contributed by atoms with E-state index in [4.69, 9.17) is 0 Å². The van der Waals surface area contributed by atoms with E-state index in [1.165, 1.54) is 25.7 Å². The lowest BCUT2D eigenvalue weighted by atomic mass is 9.55. The first-order valence-corrected chi connectivity index (χ1v) is 5.62. The first-order chi connectivity index (χ1) is 5.97. The van der Waals surface area contributed by atoms with Crippen LogP contribution in [0.5, 0.6) is 0 Å². The highest BCUT2D eigenvalue weighted by molar-refractivity contribution is 5.07. The van der Waals surface area contributed by atoms with Crippen LogP contribution >= 0.6 is 0 Å². The number of allylic oxidation sites excluding steroid dienone is 2. The highest BCUT2D eigenvalue weighted by Crippen LogP contribution is 2.57. The Morgan fingerprint density at radius 2 is 1.17 bits per heavy atom. The molecule has 0 nitrogen and oxygen atoms in total. The second-order valence-electron chi connectivity index (χ2n) is 4.88. The van der Waals surface area contributed by atoms with Gasteiger partial charge >= 0.3 is 0 Å². The lowest BCUT2D eigenvalue weighted by molar-refractivity contribution is -0.00938. The molecule has 0 aromatic carbocycles. The van der Waals surface area contributed by atoms with E-state index < -0.39 is 0 Å². The fourth-order valence-corrected chi connectivity index (χ4v) is 3.95. The summed E-state index contributed by atoms with van der Waals surface area (Å²) in [6.07, 6.45) is 13.9. The highest BCUT2D eigenvalue weighted by Gasteiger charge is 2.49. The Labute approximate surface area is 75.0 Å². The van der Waals surface area contributed by atoms with Gasteiger partial charge in [-0.1, -0.05) is 25.0 Å². The van der Waals surface area contributed by atoms with Crippen molar-refractivity contribution in [3.63, 3.8) is 0 Å². The minimum atomic E-state index is 1.11. The van der Waals surface area contributed by atoms with E-state index in [9.17, 15) is 0 Å². The van der Waals surface area contributed by atoms with Gasteiger partial charge in [0.1, 0.15) is 0 Å². The van der Waals surface area contributed by atoms with Crippen molar-refractivity contribution in [3.8, 4) is 0 Å². The maximum absolute atomic E-state index is 2.45. The zero-order chi connectivity index (χ0) is 7.97. The van der Waals surface area contributed by atoms with Crippen LogP contribution in [-0.2, 0) is 0 Å². The Bertz CT molecular complexity index is 174. The number of rotatable bonds is 0. The van der Waals surface area contributed by atoms with Crippen LogP contribution in [0, 0.1) is 23.7 Å². The summed E-state index contributed by atoms with van der Waals surface area (Å²) in [7, 11) is 0. The van der Waals surface area contributed by atoms with E-state index in [0.717, 1.165) is 23.7 Å². The Morgan fingerprint density at radius 3 is 1.67 bits per heavy atom. The molecule has 66 valence electrons. The largest absolute Gasteiger partial charge is 0.0882 e. The average Bonchev–Trinajstić information content (AvgIpc) is 2.54. The molecule has 4 aliphatic carbocycles. The van der Waals surface area contributed by atoms with Crippen LogP contribution in [0.4, 0.5) is 0 Å². The molecule has 4 rings (SSSR count). The Morgan fingerprint density at radius 1 is 0.667 bits per heavy atom. The smallest absolute Gasteiger partial charge is 0.0317 e. The summed E-state index contributed by atoms with van der Waals surface area (Å²) in [5.74, 6) is 4.48. The Kier molecular flexibility index (Phi) is 1.56. The van der Waals surface area contributed by atoms with Gasteiger partial charge in [0.25, 0.3) is 0 Å². The molecule has 2 saturated carbocycles. The van der Waals surface area contributed by atoms with Gasteiger partial charge in [0.15, 0.2) is 0 Å². The molecular weight excluding hydrogens is 144 g/mol. The van der Waals surface area contributed by atoms with Crippen LogP contribution in [0.2, 0.25) is 0 Å². The third kappa shape index (κ3) is 0.841. The third-order valence-corrected chi connectivity index (χ3v) is 4.51. The van der Waals surface area contributed by atoms with E-state index >= 15 is 0 Å². The fraction of sp³-hybridized carbons (Fsp3) is 0.833. The zero-order valence-electron chi connectivity index (χ0n) is 7.71. The van der Waals surface area contributed by atoms with Crippen molar-refractivity contribution in [1.29, 1.82) is 0 Å². The number of hydrogen-bond donors (Lipinski definition) is 0. The van der Waals surface area contributed by atoms with E-state index in [2.05, 4.69) is 12.2 Å². The van der Waals surface area contributed by atoms with Gasteiger partial charge in [-0.25, -0.2) is 0 Å². The standard InChI is InChI=1S/C12H18/c1-2-6-10-11-7-3-4-8-12(10)9(11)5-1/h1-2,9-12H,3-8H2. The summed E-state index contributed by atoms with van der Waals surface area (Å²) >= 11 is 0. The Balaban J connectivity index is 1.86. The SMILES string of the molecule is C1=CCC2C3CCCCC2C3C1. The molecule has 0 unspecified atom stereocenters. The van der Waals surface area contributed by atoms with Crippen LogP contribution < -0.4 is 0 Å². The zero-order valence-corrected chi connectivity index (χ0v) is 7.71. The third-order valence-electron chi connectivity index (χ3n) is 4.51. The van der Waals surface area contributed by atoms with Gasteiger partial charge in [0.2, 0.25) is 0 Å². The van der Waals surface area contributed by atoms with Gasteiger partial charge in [-0.05, 0) is 49.4 Å². The van der Waals surface area contributed by atoms with Gasteiger partial charge in [0, 0.05) is 0 Å². The summed E-state index contributed by atoms with van der Waals surface area (Å²) < 4.78 is 0. The van der Waals surface area contributed by atoms with Crippen molar-refractivity contribution in [2.45, 2.75) is 38.5 Å². The lowest BCUT2D eigenvalue weighted by Gasteiger charge is -2.50. The second-order valence-corrected chi connectivity index (χ2v) is 4.88. The summed E-state index contributed by atoms with van der Waals surface area (Å²) in [6, 6.07) is 0. The molecule has 0 saturated heterocycles. The summed E-state index contributed by atoms with van der Waals surface area (Å²) in [4.78, 5) is 0. The molecule has 2 fully saturated rings. The predicted octanol–water partition coefficient (Wildman–Crippen LogP) is 3.39. The Hall–Kier alpha value is -0.260. The molecule has 0 N–H and O–H groups in total. The molecule has 12 heavy (non-hydrogen) atoms. The monoisotopic (exact) mass is 162 g/mol. The maximum Gasteiger partial charge on any atom is -0.0317 e. The van der Waals surface area contributed by atoms with Crippen molar-refractivity contribution >= 4 is 0 Å². The average molecular weight is 162 g/mol. The molecular formula is C12H18. The summed E-state index contributed by atoms with van der Waals surface area (Å²) in [6.45, 7) is 0. The minimum Gasteiger partial charge on any atom is -0.0882 e. The van der Waals surface area contributed by atoms with Crippen LogP contribution in [0.25, 0.3) is 0 Å². The van der Waals surface area contributed by atoms with Crippen molar-refractivity contribution in [2.24, 2.45) is 23.7 Å². The van der Waals surface area contributed by atoms with Crippen molar-refractivity contribution in [1.82, 2.24) is 0 Å². The van der Waals surface area contributed by atoms with E-state index in [0.29, 0.717) is 0 Å². The first kappa shape index (κ1) is 7.17. The maximum atomic E-state index is 2.45. The van der Waals surface area contributed by atoms with Gasteiger partial charge in [-0.3, -0.25) is 0 Å². The highest BCUT2D eigenvalue weighted by atomic mass is 14.5. The summed E-state index contributed by atoms with van der Waals surface area (Å²) in [5.41, 5.74) is 0. The summed E-state index contributed by atoms with van der Waals surface area (Å²) in [5, 5.41) is 0. The molecule has 0 aliphatic heterocycles. The van der Waals surface area contributed by atoms with Crippen LogP contribution in [0.1, 0.15) is 38.5 Å². The van der Waals surface area contributed by atoms with Gasteiger partial charge < -0.3 is 0 Å². The van der Waals surface area contributed by atoms with Crippen molar-refractivity contribution in [2.75, 3.05) is 0 Å². The molecule has 0 spiro atoms. The predicted molar refractivity (Wildman–Crippen MR) is 50.8 cm³/mol. The van der Waals surface area contributed by atoms with E-state index in [1.807, 2.05) is 0 Å². The quantitative estimate of drug-likeness (QED) is 0.479. The second kappa shape index (κ2) is 2.61. The van der Waals surface area contributed by atoms with E-state index in [1.54, 1.807) is 12.8 Å². The normalized spacial score (nSPS) is 50.7. The van der Waals surface area contributed by atoms with Crippen LogP contribution in [-0.4, -0.2) is 0 Å². The fourth-order valence-electron chi connectivity index (χ4n) is 3.95. The topological polar surface area (TPSA) is 0 Å². The van der Waals surface area contributed by atoms with Gasteiger partial charge in [-0.15, -0.1) is 0 Å². The molecule has 0 atom stereocenters. The molecule has 0 heterocycles. The van der Waals surface area contributed by atoms with Crippen molar-refractivity contribution in [3.05, 3.63) is 12.2 Å². The van der Waals surface area contributed by atoms with Crippen LogP contribution in [0.3, 0.4) is 0 Å². The molecule has 0 heteroatoms. The van der Waals surface area contributed by atoms with Crippen molar-refractivity contribution < 1.29 is 0 Å². The van der Waals surface area contributed by atoms with Gasteiger partial charge in [0.05, 0.1) is 0 Å². The lowest BCUT2D eigenvalue weighted by Crippen LogP contribution is -2.44.